The Morgan fingerprint density at radius 3 is 2.39 bits per heavy atom. The van der Waals surface area contributed by atoms with Crippen LogP contribution in [0.15, 0.2) is 65.7 Å². The Hall–Kier alpha value is -2.89. The third-order valence-electron chi connectivity index (χ3n) is 4.67. The molecule has 0 atom stereocenters. The smallest absolute Gasteiger partial charge is 0.282 e. The highest BCUT2D eigenvalue weighted by Crippen LogP contribution is 2.36. The Bertz CT molecular complexity index is 1120. The highest BCUT2D eigenvalue weighted by atomic mass is 35.5. The summed E-state index contributed by atoms with van der Waals surface area (Å²) in [5, 5.41) is 5.59. The van der Waals surface area contributed by atoms with Gasteiger partial charge in [-0.3, -0.25) is 9.59 Å². The fourth-order valence-corrected chi connectivity index (χ4v) is 4.04. The maximum Gasteiger partial charge on any atom is 0.282 e. The van der Waals surface area contributed by atoms with Crippen molar-refractivity contribution in [3.8, 4) is 0 Å². The van der Waals surface area contributed by atoms with E-state index in [0.29, 0.717) is 16.3 Å². The van der Waals surface area contributed by atoms with E-state index in [0.717, 1.165) is 21.7 Å². The minimum Gasteiger partial charge on any atom is -0.350 e. The second-order valence-electron chi connectivity index (χ2n) is 6.55. The van der Waals surface area contributed by atoms with Gasteiger partial charge in [0.15, 0.2) is 0 Å². The van der Waals surface area contributed by atoms with Crippen LogP contribution in [0.4, 0.5) is 11.4 Å². The van der Waals surface area contributed by atoms with Crippen molar-refractivity contribution in [2.24, 2.45) is 0 Å². The summed E-state index contributed by atoms with van der Waals surface area (Å²) >= 11 is 7.66. The second-order valence-corrected chi connectivity index (χ2v) is 7.90. The van der Waals surface area contributed by atoms with Gasteiger partial charge in [0.1, 0.15) is 5.70 Å². The minimum absolute atomic E-state index is 0.276. The van der Waals surface area contributed by atoms with Gasteiger partial charge in [0.2, 0.25) is 0 Å². The van der Waals surface area contributed by atoms with Crippen LogP contribution in [-0.2, 0) is 9.59 Å². The molecule has 2 heterocycles. The molecule has 2 amide bonds. The lowest BCUT2D eigenvalue weighted by molar-refractivity contribution is -0.120. The Morgan fingerprint density at radius 2 is 1.71 bits per heavy atom. The maximum atomic E-state index is 13.3. The molecule has 6 heteroatoms. The molecule has 0 radical (unpaired) electrons. The van der Waals surface area contributed by atoms with Crippen LogP contribution in [0.25, 0.3) is 5.57 Å². The van der Waals surface area contributed by atoms with E-state index in [9.17, 15) is 9.59 Å². The number of imide groups is 1. The summed E-state index contributed by atoms with van der Waals surface area (Å²) in [7, 11) is 0. The van der Waals surface area contributed by atoms with Gasteiger partial charge in [-0.1, -0.05) is 41.9 Å². The summed E-state index contributed by atoms with van der Waals surface area (Å²) in [5.74, 6) is -0.750. The molecule has 28 heavy (non-hydrogen) atoms. The predicted octanol–water partition coefficient (Wildman–Crippen LogP) is 5.41. The van der Waals surface area contributed by atoms with E-state index in [1.807, 2.05) is 55.6 Å². The van der Waals surface area contributed by atoms with Crippen LogP contribution >= 0.6 is 22.9 Å². The molecule has 1 N–H and O–H groups in total. The standard InChI is InChI=1S/C22H17ClN2O2S/c1-13-9-10-15(12-16(13)23)25-21(26)19(18-8-5-11-28-18)20(22(25)27)24-17-7-4-3-6-14(17)2/h3-12,24H,1-2H3. The van der Waals surface area contributed by atoms with Crippen molar-refractivity contribution in [1.82, 2.24) is 0 Å². The van der Waals surface area contributed by atoms with E-state index in [2.05, 4.69) is 5.32 Å². The van der Waals surface area contributed by atoms with Crippen LogP contribution in [0.3, 0.4) is 0 Å². The minimum atomic E-state index is -0.392. The van der Waals surface area contributed by atoms with Gasteiger partial charge in [-0.2, -0.15) is 0 Å². The predicted molar refractivity (Wildman–Crippen MR) is 115 cm³/mol. The van der Waals surface area contributed by atoms with E-state index < -0.39 is 5.91 Å². The highest BCUT2D eigenvalue weighted by Gasteiger charge is 2.40. The third-order valence-corrected chi connectivity index (χ3v) is 5.96. The van der Waals surface area contributed by atoms with E-state index in [1.165, 1.54) is 16.2 Å². The Kier molecular flexibility index (Phi) is 4.79. The molecular weight excluding hydrogens is 392 g/mol. The molecule has 0 saturated heterocycles. The average molecular weight is 409 g/mol. The summed E-state index contributed by atoms with van der Waals surface area (Å²) in [6.45, 7) is 3.83. The van der Waals surface area contributed by atoms with Crippen LogP contribution in [0.5, 0.6) is 0 Å². The SMILES string of the molecule is Cc1ccc(N2C(=O)C(Nc3ccccc3C)=C(c3cccs3)C2=O)cc1Cl. The number of carbonyl (C=O) groups is 2. The van der Waals surface area contributed by atoms with Gasteiger partial charge in [-0.15, -0.1) is 11.3 Å². The molecule has 2 aromatic carbocycles. The number of thiophene rings is 1. The number of rotatable bonds is 4. The molecule has 0 aliphatic carbocycles. The topological polar surface area (TPSA) is 49.4 Å². The number of hydrogen-bond donors (Lipinski definition) is 1. The number of aryl methyl sites for hydroxylation is 2. The van der Waals surface area contributed by atoms with Gasteiger partial charge in [-0.05, 0) is 54.6 Å². The lowest BCUT2D eigenvalue weighted by Crippen LogP contribution is -2.32. The Labute approximate surface area is 172 Å². The summed E-state index contributed by atoms with van der Waals surface area (Å²) in [6, 6.07) is 16.5. The quantitative estimate of drug-likeness (QED) is 0.587. The molecule has 140 valence electrons. The summed E-state index contributed by atoms with van der Waals surface area (Å²) in [4.78, 5) is 28.5. The first-order valence-electron chi connectivity index (χ1n) is 8.73. The van der Waals surface area contributed by atoms with Crippen LogP contribution < -0.4 is 10.2 Å². The zero-order chi connectivity index (χ0) is 19.8. The van der Waals surface area contributed by atoms with E-state index in [-0.39, 0.29) is 11.6 Å². The molecule has 0 spiro atoms. The van der Waals surface area contributed by atoms with Crippen molar-refractivity contribution < 1.29 is 9.59 Å². The van der Waals surface area contributed by atoms with Crippen LogP contribution in [-0.4, -0.2) is 11.8 Å². The van der Waals surface area contributed by atoms with Gasteiger partial charge in [0.25, 0.3) is 11.8 Å². The summed E-state index contributed by atoms with van der Waals surface area (Å²) in [5.41, 5.74) is 3.77. The monoisotopic (exact) mass is 408 g/mol. The molecular formula is C22H17ClN2O2S. The van der Waals surface area contributed by atoms with E-state index in [4.69, 9.17) is 11.6 Å². The number of hydrogen-bond acceptors (Lipinski definition) is 4. The zero-order valence-electron chi connectivity index (χ0n) is 15.3. The van der Waals surface area contributed by atoms with Crippen molar-refractivity contribution >= 4 is 51.7 Å². The number of nitrogens with zero attached hydrogens (tertiary/aromatic N) is 1. The van der Waals surface area contributed by atoms with Crippen LogP contribution in [0, 0.1) is 13.8 Å². The number of amides is 2. The van der Waals surface area contributed by atoms with E-state index >= 15 is 0 Å². The van der Waals surface area contributed by atoms with Crippen molar-refractivity contribution in [3.63, 3.8) is 0 Å². The van der Waals surface area contributed by atoms with Gasteiger partial charge >= 0.3 is 0 Å². The van der Waals surface area contributed by atoms with Gasteiger partial charge in [0.05, 0.1) is 11.3 Å². The first kappa shape index (κ1) is 18.5. The number of para-hydroxylation sites is 1. The van der Waals surface area contributed by atoms with Gasteiger partial charge in [0, 0.05) is 15.6 Å². The molecule has 4 nitrogen and oxygen atoms in total. The number of anilines is 2. The van der Waals surface area contributed by atoms with Crippen LogP contribution in [0.2, 0.25) is 5.02 Å². The van der Waals surface area contributed by atoms with Crippen molar-refractivity contribution in [2.75, 3.05) is 10.2 Å². The Morgan fingerprint density at radius 1 is 0.929 bits per heavy atom. The lowest BCUT2D eigenvalue weighted by Gasteiger charge is -2.16. The molecule has 3 aromatic rings. The number of carbonyl (C=O) groups excluding carboxylic acids is 2. The maximum absolute atomic E-state index is 13.3. The fourth-order valence-electron chi connectivity index (χ4n) is 3.10. The average Bonchev–Trinajstić information content (AvgIpc) is 3.27. The largest absolute Gasteiger partial charge is 0.350 e. The molecule has 1 aliphatic heterocycles. The number of nitrogens with one attached hydrogen (secondary N) is 1. The first-order chi connectivity index (χ1) is 13.5. The second kappa shape index (κ2) is 7.26. The zero-order valence-corrected chi connectivity index (χ0v) is 16.9. The fraction of sp³-hybridized carbons (Fsp3) is 0.0909. The van der Waals surface area contributed by atoms with E-state index in [1.54, 1.807) is 18.2 Å². The van der Waals surface area contributed by atoms with Crippen LogP contribution in [0.1, 0.15) is 16.0 Å². The van der Waals surface area contributed by atoms with Crippen molar-refractivity contribution in [1.29, 1.82) is 0 Å². The Balaban J connectivity index is 1.82. The molecule has 4 rings (SSSR count). The van der Waals surface area contributed by atoms with Gasteiger partial charge < -0.3 is 5.32 Å². The number of halogens is 1. The van der Waals surface area contributed by atoms with Crippen molar-refractivity contribution in [2.45, 2.75) is 13.8 Å². The molecule has 0 fully saturated rings. The normalized spacial score (nSPS) is 14.2. The first-order valence-corrected chi connectivity index (χ1v) is 9.99. The molecule has 0 bridgehead atoms. The third kappa shape index (κ3) is 3.13. The number of benzene rings is 2. The molecule has 0 unspecified atom stereocenters. The van der Waals surface area contributed by atoms with Crippen molar-refractivity contribution in [3.05, 3.63) is 86.7 Å². The highest BCUT2D eigenvalue weighted by molar-refractivity contribution is 7.11. The summed E-state index contributed by atoms with van der Waals surface area (Å²) < 4.78 is 0. The molecule has 1 aromatic heterocycles. The molecule has 1 aliphatic rings. The van der Waals surface area contributed by atoms with Gasteiger partial charge in [-0.25, -0.2) is 4.90 Å². The molecule has 0 saturated carbocycles. The summed E-state index contributed by atoms with van der Waals surface area (Å²) in [6.07, 6.45) is 0. The lowest BCUT2D eigenvalue weighted by atomic mass is 10.1.